The Morgan fingerprint density at radius 3 is 2.07 bits per heavy atom. The Bertz CT molecular complexity index is 1430. The molecule has 1 aliphatic carbocycles. The highest BCUT2D eigenvalue weighted by molar-refractivity contribution is 6.00. The molecule has 1 saturated carbocycles. The smallest absolute Gasteiger partial charge is 0.475 e. The van der Waals surface area contributed by atoms with Gasteiger partial charge >= 0.3 is 24.3 Å². The Hall–Kier alpha value is -4.12. The molecule has 4 heterocycles. The van der Waals surface area contributed by atoms with Crippen LogP contribution in [-0.4, -0.2) is 110 Å². The summed E-state index contributed by atoms with van der Waals surface area (Å²) in [6, 6.07) is 8.65. The van der Waals surface area contributed by atoms with Crippen molar-refractivity contribution in [2.24, 2.45) is 0 Å². The van der Waals surface area contributed by atoms with Crippen molar-refractivity contribution in [3.8, 4) is 11.4 Å². The number of aromatic nitrogens is 3. The number of halogens is 6. The van der Waals surface area contributed by atoms with Gasteiger partial charge in [0.2, 0.25) is 0 Å². The van der Waals surface area contributed by atoms with Crippen LogP contribution in [0.5, 0.6) is 0 Å². The highest BCUT2D eigenvalue weighted by Gasteiger charge is 2.39. The van der Waals surface area contributed by atoms with E-state index in [0.717, 1.165) is 56.0 Å². The normalized spacial score (nSPS) is 16.3. The molecule has 46 heavy (non-hydrogen) atoms. The first-order valence-electron chi connectivity index (χ1n) is 14.5. The van der Waals surface area contributed by atoms with E-state index in [0.29, 0.717) is 18.3 Å². The predicted octanol–water partition coefficient (Wildman–Crippen LogP) is 4.55. The second kappa shape index (κ2) is 15.9. The molecule has 1 amide bonds. The van der Waals surface area contributed by atoms with E-state index in [4.69, 9.17) is 24.8 Å². The Kier molecular flexibility index (Phi) is 12.6. The predicted molar refractivity (Wildman–Crippen MR) is 154 cm³/mol. The fourth-order valence-electron chi connectivity index (χ4n) is 5.04. The zero-order valence-electron chi connectivity index (χ0n) is 25.0. The lowest BCUT2D eigenvalue weighted by Gasteiger charge is -2.32. The monoisotopic (exact) mass is 662 g/mol. The first-order chi connectivity index (χ1) is 21.6. The lowest BCUT2D eigenvalue weighted by molar-refractivity contribution is -0.193. The lowest BCUT2D eigenvalue weighted by Crippen LogP contribution is -2.45. The highest BCUT2D eigenvalue weighted by Crippen LogP contribution is 2.32. The summed E-state index contributed by atoms with van der Waals surface area (Å²) in [6.07, 6.45) is 2.25. The zero-order valence-corrected chi connectivity index (χ0v) is 25.0. The van der Waals surface area contributed by atoms with E-state index in [1.54, 1.807) is 0 Å². The van der Waals surface area contributed by atoms with Gasteiger partial charge in [-0.25, -0.2) is 14.6 Å². The van der Waals surface area contributed by atoms with Crippen molar-refractivity contribution in [1.82, 2.24) is 29.1 Å². The lowest BCUT2D eigenvalue weighted by atomic mass is 10.2. The fraction of sp³-hybridized carbons (Fsp3) is 0.517. The van der Waals surface area contributed by atoms with Gasteiger partial charge in [0, 0.05) is 62.9 Å². The maximum absolute atomic E-state index is 13.0. The molecule has 0 spiro atoms. The molecule has 0 aromatic carbocycles. The number of hydrogen-bond donors (Lipinski definition) is 3. The number of amides is 1. The van der Waals surface area contributed by atoms with Crippen molar-refractivity contribution in [2.75, 3.05) is 46.3 Å². The van der Waals surface area contributed by atoms with Crippen molar-refractivity contribution in [1.29, 1.82) is 0 Å². The number of piperazine rings is 1. The molecule has 0 radical (unpaired) electrons. The minimum absolute atomic E-state index is 0.0893. The van der Waals surface area contributed by atoms with Crippen LogP contribution in [0.4, 0.5) is 26.3 Å². The summed E-state index contributed by atoms with van der Waals surface area (Å²) in [5.41, 5.74) is 2.42. The summed E-state index contributed by atoms with van der Waals surface area (Å²) < 4.78 is 67.8. The Labute approximate surface area is 260 Å². The molecular weight excluding hydrogens is 626 g/mol. The summed E-state index contributed by atoms with van der Waals surface area (Å²) in [5.74, 6) is -4.77. The van der Waals surface area contributed by atoms with E-state index in [9.17, 15) is 31.1 Å². The molecule has 3 aromatic heterocycles. The standard InChI is InChI=1S/C25H34N6O.2C2HF3O2/c1-28-15-17-29(18-16-28)12-6-11-26-25(32)23-22-9-4-5-13-31(22)24(27-23)20-10-14-30(19-20)21-7-2-3-8-21;2*3-2(4,5)1(6)7/h4-5,9-10,13-14,19,21H,2-3,6-8,11-12,15-18H2,1H3,(H,26,32);2*(H,6,7). The van der Waals surface area contributed by atoms with Crippen LogP contribution in [0.25, 0.3) is 16.9 Å². The molecule has 2 fully saturated rings. The number of carboxylic acid groups (broad SMARTS) is 2. The molecule has 11 nitrogen and oxygen atoms in total. The van der Waals surface area contributed by atoms with Crippen LogP contribution in [0.1, 0.15) is 48.6 Å². The van der Waals surface area contributed by atoms with E-state index in [2.05, 4.69) is 45.2 Å². The Morgan fingerprint density at radius 1 is 0.913 bits per heavy atom. The van der Waals surface area contributed by atoms with Gasteiger partial charge in [-0.15, -0.1) is 0 Å². The number of nitrogens with zero attached hydrogens (tertiary/aromatic N) is 5. The van der Waals surface area contributed by atoms with Gasteiger partial charge in [0.1, 0.15) is 5.82 Å². The number of pyridine rings is 1. The van der Waals surface area contributed by atoms with Crippen LogP contribution in [0.15, 0.2) is 42.9 Å². The summed E-state index contributed by atoms with van der Waals surface area (Å²) in [5, 5.41) is 17.3. The molecule has 1 saturated heterocycles. The number of fused-ring (bicyclic) bond motifs is 1. The highest BCUT2D eigenvalue weighted by atomic mass is 19.4. The van der Waals surface area contributed by atoms with Crippen molar-refractivity contribution in [3.63, 3.8) is 0 Å². The van der Waals surface area contributed by atoms with Gasteiger partial charge in [-0.1, -0.05) is 18.9 Å². The topological polar surface area (TPSA) is 132 Å². The zero-order chi connectivity index (χ0) is 34.1. The number of imidazole rings is 1. The van der Waals surface area contributed by atoms with Crippen LogP contribution in [0, 0.1) is 0 Å². The number of hydrogen-bond acceptors (Lipinski definition) is 6. The number of carboxylic acids is 2. The molecule has 17 heteroatoms. The van der Waals surface area contributed by atoms with E-state index in [1.807, 2.05) is 28.8 Å². The molecule has 3 N–H and O–H groups in total. The minimum Gasteiger partial charge on any atom is -0.475 e. The number of likely N-dealkylation sites (N-methyl/N-ethyl adjacent to an activating group) is 1. The van der Waals surface area contributed by atoms with E-state index in [1.165, 1.54) is 25.7 Å². The Morgan fingerprint density at radius 2 is 1.50 bits per heavy atom. The second-order valence-electron chi connectivity index (χ2n) is 10.9. The van der Waals surface area contributed by atoms with Crippen molar-refractivity contribution in [2.45, 2.75) is 50.5 Å². The van der Waals surface area contributed by atoms with E-state index < -0.39 is 24.3 Å². The van der Waals surface area contributed by atoms with Crippen molar-refractivity contribution < 1.29 is 50.9 Å². The number of aliphatic carboxylic acids is 2. The summed E-state index contributed by atoms with van der Waals surface area (Å²) in [7, 11) is 2.17. The third-order valence-corrected chi connectivity index (χ3v) is 7.50. The van der Waals surface area contributed by atoms with Crippen LogP contribution >= 0.6 is 0 Å². The molecule has 5 rings (SSSR count). The summed E-state index contributed by atoms with van der Waals surface area (Å²) in [6.45, 7) is 6.17. The number of carbonyl (C=O) groups excluding carboxylic acids is 1. The van der Waals surface area contributed by atoms with Gasteiger partial charge in [-0.3, -0.25) is 9.20 Å². The molecule has 254 valence electrons. The van der Waals surface area contributed by atoms with Gasteiger partial charge in [-0.2, -0.15) is 26.3 Å². The first-order valence-corrected chi connectivity index (χ1v) is 14.5. The summed E-state index contributed by atoms with van der Waals surface area (Å²) in [4.78, 5) is 40.4. The average molecular weight is 663 g/mol. The maximum Gasteiger partial charge on any atom is 0.490 e. The van der Waals surface area contributed by atoms with Crippen molar-refractivity contribution in [3.05, 3.63) is 48.5 Å². The minimum atomic E-state index is -5.08. The van der Waals surface area contributed by atoms with Crippen LogP contribution in [0.2, 0.25) is 0 Å². The van der Waals surface area contributed by atoms with Crippen LogP contribution in [-0.2, 0) is 9.59 Å². The van der Waals surface area contributed by atoms with Crippen molar-refractivity contribution >= 4 is 23.4 Å². The average Bonchev–Trinajstić information content (AvgIpc) is 3.76. The van der Waals surface area contributed by atoms with Crippen LogP contribution < -0.4 is 5.32 Å². The fourth-order valence-corrected chi connectivity index (χ4v) is 5.04. The van der Waals surface area contributed by atoms with Gasteiger partial charge in [-0.05, 0) is 51.1 Å². The number of alkyl halides is 6. The first kappa shape index (κ1) is 36.3. The number of rotatable bonds is 7. The Balaban J connectivity index is 0.000000345. The summed E-state index contributed by atoms with van der Waals surface area (Å²) >= 11 is 0. The molecule has 0 bridgehead atoms. The third kappa shape index (κ3) is 10.5. The van der Waals surface area contributed by atoms with Gasteiger partial charge in [0.05, 0.1) is 5.52 Å². The SMILES string of the molecule is CN1CCN(CCCNC(=O)c2nc(-c3ccn(C4CCCC4)c3)n3ccccc23)CC1.O=C(O)C(F)(F)F.O=C(O)C(F)(F)F. The largest absolute Gasteiger partial charge is 0.490 e. The van der Waals surface area contributed by atoms with Gasteiger partial charge < -0.3 is 29.9 Å². The van der Waals surface area contributed by atoms with Gasteiger partial charge in [0.25, 0.3) is 5.91 Å². The molecule has 0 atom stereocenters. The second-order valence-corrected chi connectivity index (χ2v) is 10.9. The molecule has 3 aromatic rings. The molecular formula is C29H36F6N6O5. The third-order valence-electron chi connectivity index (χ3n) is 7.50. The molecule has 0 unspecified atom stereocenters. The van der Waals surface area contributed by atoms with Gasteiger partial charge in [0.15, 0.2) is 5.69 Å². The van der Waals surface area contributed by atoms with Crippen LogP contribution in [0.3, 0.4) is 0 Å². The molecule has 2 aliphatic rings. The number of nitrogens with one attached hydrogen (secondary N) is 1. The van der Waals surface area contributed by atoms with E-state index in [-0.39, 0.29) is 5.91 Å². The molecule has 1 aliphatic heterocycles. The maximum atomic E-state index is 13.0. The van der Waals surface area contributed by atoms with E-state index >= 15 is 0 Å². The quantitative estimate of drug-likeness (QED) is 0.248. The number of carbonyl (C=O) groups is 3.